The molecule has 5 rings (SSSR count). The number of hydrogen-bond donors (Lipinski definition) is 0. The van der Waals surface area contributed by atoms with Crippen LogP contribution in [-0.2, 0) is 0 Å². The number of ketones is 1. The minimum atomic E-state index is -0.423. The molecule has 0 saturated heterocycles. The van der Waals surface area contributed by atoms with E-state index in [1.165, 1.54) is 12.5 Å². The summed E-state index contributed by atoms with van der Waals surface area (Å²) in [5.74, 6) is 0.725. The number of rotatable bonds is 1. The van der Waals surface area contributed by atoms with Gasteiger partial charge in [0.15, 0.2) is 5.78 Å². The number of Topliss-reactive ketones (excluding diaryl/α,β-unsaturated/α-hetero) is 1. The quantitative estimate of drug-likeness (QED) is 0.533. The average molecular weight is 374 g/mol. The van der Waals surface area contributed by atoms with Crippen LogP contribution in [0.25, 0.3) is 22.1 Å². The largest absolute Gasteiger partial charge is 0.485 e. The van der Waals surface area contributed by atoms with E-state index in [0.717, 1.165) is 47.8 Å². The molecule has 1 aliphatic heterocycles. The molecule has 28 heavy (non-hydrogen) atoms. The van der Waals surface area contributed by atoms with Gasteiger partial charge in [-0.1, -0.05) is 36.8 Å². The van der Waals surface area contributed by atoms with Gasteiger partial charge in [0.1, 0.15) is 16.9 Å². The molecule has 142 valence electrons. The summed E-state index contributed by atoms with van der Waals surface area (Å²) in [5, 5.41) is 0.726. The third-order valence-electron chi connectivity index (χ3n) is 6.11. The first-order valence-electron chi connectivity index (χ1n) is 9.95. The lowest BCUT2D eigenvalue weighted by Crippen LogP contribution is -2.43. The summed E-state index contributed by atoms with van der Waals surface area (Å²) in [6, 6.07) is 13.0. The molecule has 0 radical (unpaired) electrons. The van der Waals surface area contributed by atoms with E-state index >= 15 is 0 Å². The van der Waals surface area contributed by atoms with Crippen molar-refractivity contribution >= 4 is 16.8 Å². The molecular weight excluding hydrogens is 352 g/mol. The molecule has 2 aliphatic rings. The predicted molar refractivity (Wildman–Crippen MR) is 108 cm³/mol. The summed E-state index contributed by atoms with van der Waals surface area (Å²) >= 11 is 0. The van der Waals surface area contributed by atoms with E-state index < -0.39 is 11.2 Å². The topological polar surface area (TPSA) is 56.5 Å². The first-order valence-corrected chi connectivity index (χ1v) is 9.95. The highest BCUT2D eigenvalue weighted by Crippen LogP contribution is 2.47. The molecule has 2 heterocycles. The van der Waals surface area contributed by atoms with Crippen molar-refractivity contribution in [2.24, 2.45) is 0 Å². The highest BCUT2D eigenvalue weighted by atomic mass is 16.5. The molecule has 4 heteroatoms. The van der Waals surface area contributed by atoms with Crippen molar-refractivity contribution < 1.29 is 13.9 Å². The van der Waals surface area contributed by atoms with Crippen LogP contribution in [0.3, 0.4) is 0 Å². The van der Waals surface area contributed by atoms with Crippen molar-refractivity contribution in [3.63, 3.8) is 0 Å². The van der Waals surface area contributed by atoms with Crippen molar-refractivity contribution in [2.75, 3.05) is 0 Å². The second-order valence-electron chi connectivity index (χ2n) is 8.06. The lowest BCUT2D eigenvalue weighted by molar-refractivity contribution is 0.0148. The van der Waals surface area contributed by atoms with Crippen LogP contribution in [0.5, 0.6) is 5.75 Å². The number of carbonyl (C=O) groups is 1. The van der Waals surface area contributed by atoms with Crippen LogP contribution >= 0.6 is 0 Å². The molecule has 1 aliphatic carbocycles. The van der Waals surface area contributed by atoms with Gasteiger partial charge in [0.05, 0.1) is 17.4 Å². The molecule has 0 N–H and O–H groups in total. The fraction of sp³-hybridized carbons (Fsp3) is 0.333. The van der Waals surface area contributed by atoms with Gasteiger partial charge in [-0.25, -0.2) is 4.79 Å². The smallest absolute Gasteiger partial charge is 0.336 e. The molecule has 1 saturated carbocycles. The molecule has 1 fully saturated rings. The van der Waals surface area contributed by atoms with Gasteiger partial charge in [-0.3, -0.25) is 4.79 Å². The first-order chi connectivity index (χ1) is 13.6. The van der Waals surface area contributed by atoms with E-state index in [2.05, 4.69) is 0 Å². The predicted octanol–water partition coefficient (Wildman–Crippen LogP) is 5.44. The maximum absolute atomic E-state index is 13.2. The first kappa shape index (κ1) is 17.2. The Balaban J connectivity index is 1.83. The number of benzene rings is 2. The summed E-state index contributed by atoms with van der Waals surface area (Å²) in [6.07, 6.45) is 5.56. The molecule has 0 unspecified atom stereocenters. The molecule has 1 spiro atoms. The molecule has 2 aromatic carbocycles. The van der Waals surface area contributed by atoms with Crippen LogP contribution < -0.4 is 10.4 Å². The van der Waals surface area contributed by atoms with E-state index in [1.807, 2.05) is 37.3 Å². The zero-order valence-corrected chi connectivity index (χ0v) is 15.9. The average Bonchev–Trinajstić information content (AvgIpc) is 2.68. The summed E-state index contributed by atoms with van der Waals surface area (Å²) < 4.78 is 12.2. The summed E-state index contributed by atoms with van der Waals surface area (Å²) in [7, 11) is 0. The fourth-order valence-corrected chi connectivity index (χ4v) is 4.82. The molecule has 1 aromatic heterocycles. The van der Waals surface area contributed by atoms with E-state index in [-0.39, 0.29) is 5.78 Å². The van der Waals surface area contributed by atoms with Crippen molar-refractivity contribution in [3.05, 3.63) is 64.0 Å². The standard InChI is InChI=1S/C24H22O4/c1-15-12-19-22(17(13-20(26)27-19)16-8-4-2-5-9-16)23-21(15)18(25)14-24(28-23)10-6-3-7-11-24/h2,4-5,8-9,12-13H,3,6-7,10-11,14H2,1H3. The highest BCUT2D eigenvalue weighted by Gasteiger charge is 2.43. The van der Waals surface area contributed by atoms with Crippen LogP contribution in [0.1, 0.15) is 54.4 Å². The third kappa shape index (κ3) is 2.67. The minimum absolute atomic E-state index is 0.132. The fourth-order valence-electron chi connectivity index (χ4n) is 4.82. The zero-order valence-electron chi connectivity index (χ0n) is 15.9. The van der Waals surface area contributed by atoms with Gasteiger partial charge < -0.3 is 9.15 Å². The highest BCUT2D eigenvalue weighted by molar-refractivity contribution is 6.10. The Kier molecular flexibility index (Phi) is 3.90. The van der Waals surface area contributed by atoms with E-state index in [9.17, 15) is 9.59 Å². The molecule has 3 aromatic rings. The Morgan fingerprint density at radius 1 is 0.964 bits per heavy atom. The van der Waals surface area contributed by atoms with Crippen LogP contribution in [-0.4, -0.2) is 11.4 Å². The number of aryl methyl sites for hydroxylation is 1. The number of ether oxygens (including phenoxy) is 1. The van der Waals surface area contributed by atoms with Gasteiger partial charge in [-0.05, 0) is 49.8 Å². The zero-order chi connectivity index (χ0) is 19.3. The molecule has 4 nitrogen and oxygen atoms in total. The number of carbonyl (C=O) groups excluding carboxylic acids is 1. The van der Waals surface area contributed by atoms with Crippen LogP contribution in [0.4, 0.5) is 0 Å². The Morgan fingerprint density at radius 2 is 1.71 bits per heavy atom. The second-order valence-corrected chi connectivity index (χ2v) is 8.06. The SMILES string of the molecule is Cc1cc2oc(=O)cc(-c3ccccc3)c2c2c1C(=O)CC1(CCCCC1)O2. The third-order valence-corrected chi connectivity index (χ3v) is 6.11. The summed E-state index contributed by atoms with van der Waals surface area (Å²) in [4.78, 5) is 25.4. The van der Waals surface area contributed by atoms with Gasteiger partial charge in [0.25, 0.3) is 0 Å². The minimum Gasteiger partial charge on any atom is -0.485 e. The molecule has 0 atom stereocenters. The van der Waals surface area contributed by atoms with Gasteiger partial charge in [-0.15, -0.1) is 0 Å². The Hall–Kier alpha value is -2.88. The van der Waals surface area contributed by atoms with Crippen LogP contribution in [0.2, 0.25) is 0 Å². The van der Waals surface area contributed by atoms with Crippen LogP contribution in [0.15, 0.2) is 51.7 Å². The van der Waals surface area contributed by atoms with E-state index in [4.69, 9.17) is 9.15 Å². The van der Waals surface area contributed by atoms with Crippen molar-refractivity contribution in [2.45, 2.75) is 51.0 Å². The monoisotopic (exact) mass is 374 g/mol. The van der Waals surface area contributed by atoms with Gasteiger partial charge in [0.2, 0.25) is 0 Å². The van der Waals surface area contributed by atoms with Gasteiger partial charge >= 0.3 is 5.63 Å². The van der Waals surface area contributed by atoms with Crippen molar-refractivity contribution in [1.29, 1.82) is 0 Å². The lowest BCUT2D eigenvalue weighted by atomic mass is 9.77. The maximum Gasteiger partial charge on any atom is 0.336 e. The molecule has 0 amide bonds. The Labute approximate surface area is 163 Å². The summed E-state index contributed by atoms with van der Waals surface area (Å²) in [6.45, 7) is 1.88. The summed E-state index contributed by atoms with van der Waals surface area (Å²) in [5.41, 5.74) is 2.74. The lowest BCUT2D eigenvalue weighted by Gasteiger charge is -2.41. The van der Waals surface area contributed by atoms with Gasteiger partial charge in [0, 0.05) is 11.6 Å². The van der Waals surface area contributed by atoms with Crippen LogP contribution in [0, 0.1) is 6.92 Å². The number of fused-ring (bicyclic) bond motifs is 3. The van der Waals surface area contributed by atoms with Crippen molar-refractivity contribution in [1.82, 2.24) is 0 Å². The molecule has 0 bridgehead atoms. The van der Waals surface area contributed by atoms with E-state index in [0.29, 0.717) is 23.3 Å². The molecular formula is C24H22O4. The van der Waals surface area contributed by atoms with Gasteiger partial charge in [-0.2, -0.15) is 0 Å². The maximum atomic E-state index is 13.2. The number of hydrogen-bond acceptors (Lipinski definition) is 4. The van der Waals surface area contributed by atoms with Crippen molar-refractivity contribution in [3.8, 4) is 16.9 Å². The Bertz CT molecular complexity index is 1130. The van der Waals surface area contributed by atoms with E-state index in [1.54, 1.807) is 6.07 Å². The Morgan fingerprint density at radius 3 is 2.46 bits per heavy atom. The normalized spacial score (nSPS) is 18.1. The second kappa shape index (κ2) is 6.33.